The molecule has 15 nitrogen and oxygen atoms in total. The van der Waals surface area contributed by atoms with E-state index in [-0.39, 0.29) is 12.3 Å². The molecule has 1 saturated heterocycles. The smallest absolute Gasteiger partial charge is 0.352 e. The molecule has 18 heteroatoms. The molecule has 2 unspecified atom stereocenters. The molecule has 160 valence electrons. The Morgan fingerprint density at radius 2 is 1.82 bits per heavy atom. The summed E-state index contributed by atoms with van der Waals surface area (Å²) >= 11 is 0. The third-order valence-electron chi connectivity index (χ3n) is 3.42. The lowest BCUT2D eigenvalue weighted by Crippen LogP contribution is -2.33. The van der Waals surface area contributed by atoms with E-state index in [4.69, 9.17) is 19.4 Å². The Labute approximate surface area is 156 Å². The van der Waals surface area contributed by atoms with Gasteiger partial charge in [0.1, 0.15) is 6.23 Å². The molecular formula is C10H17N2O13P3. The zero-order valence-electron chi connectivity index (χ0n) is 14.1. The van der Waals surface area contributed by atoms with Gasteiger partial charge in [-0.1, -0.05) is 6.92 Å². The van der Waals surface area contributed by atoms with Crippen molar-refractivity contribution in [3.05, 3.63) is 33.1 Å². The number of nitrogens with one attached hydrogen (secondary N) is 1. The highest BCUT2D eigenvalue weighted by Crippen LogP contribution is 2.66. The van der Waals surface area contributed by atoms with Gasteiger partial charge in [-0.25, -0.2) is 18.5 Å². The maximum absolute atomic E-state index is 11.8. The lowest BCUT2D eigenvalue weighted by Gasteiger charge is -2.19. The Balaban J connectivity index is 1.98. The first-order valence-electron chi connectivity index (χ1n) is 7.43. The molecule has 1 aliphatic rings. The highest BCUT2D eigenvalue weighted by molar-refractivity contribution is 7.66. The molecule has 5 N–H and O–H groups in total. The third kappa shape index (κ3) is 6.83. The lowest BCUT2D eigenvalue weighted by molar-refractivity contribution is -0.0332. The number of aromatic nitrogens is 2. The van der Waals surface area contributed by atoms with Crippen molar-refractivity contribution in [2.24, 2.45) is 5.92 Å². The average Bonchev–Trinajstić information content (AvgIpc) is 2.82. The zero-order chi connectivity index (χ0) is 21.3. The summed E-state index contributed by atoms with van der Waals surface area (Å²) in [5.74, 6) is -0.280. The molecule has 0 aliphatic carbocycles. The normalized spacial score (nSPS) is 27.2. The number of phosphoric ester groups is 1. The molecule has 5 atom stereocenters. The van der Waals surface area contributed by atoms with Gasteiger partial charge in [-0.3, -0.25) is 18.9 Å². The fourth-order valence-corrected chi connectivity index (χ4v) is 5.52. The minimum absolute atomic E-state index is 0.242. The summed E-state index contributed by atoms with van der Waals surface area (Å²) in [5.41, 5.74) is -1.33. The first-order valence-corrected chi connectivity index (χ1v) is 11.9. The molecule has 1 fully saturated rings. The van der Waals surface area contributed by atoms with Crippen molar-refractivity contribution in [2.45, 2.75) is 25.7 Å². The Kier molecular flexibility index (Phi) is 7.02. The van der Waals surface area contributed by atoms with Crippen molar-refractivity contribution >= 4 is 23.5 Å². The molecule has 28 heavy (non-hydrogen) atoms. The van der Waals surface area contributed by atoms with Gasteiger partial charge in [0.05, 0.1) is 12.7 Å². The molecule has 0 saturated carbocycles. The predicted molar refractivity (Wildman–Crippen MR) is 88.8 cm³/mol. The van der Waals surface area contributed by atoms with Crippen LogP contribution in [0.3, 0.4) is 0 Å². The Bertz CT molecular complexity index is 966. The van der Waals surface area contributed by atoms with Crippen LogP contribution in [0.4, 0.5) is 0 Å². The van der Waals surface area contributed by atoms with Gasteiger partial charge in [0.25, 0.3) is 5.56 Å². The number of rotatable bonds is 8. The quantitative estimate of drug-likeness (QED) is 0.314. The van der Waals surface area contributed by atoms with Gasteiger partial charge in [-0.15, -0.1) is 0 Å². The number of nitrogens with zero attached hydrogens (tertiary/aromatic N) is 1. The fourth-order valence-electron chi connectivity index (χ4n) is 2.47. The molecule has 0 radical (unpaired) electrons. The minimum Gasteiger partial charge on any atom is -0.352 e. The van der Waals surface area contributed by atoms with Crippen LogP contribution >= 0.6 is 23.5 Å². The molecule has 1 aromatic rings. The Morgan fingerprint density at radius 1 is 1.18 bits per heavy atom. The van der Waals surface area contributed by atoms with Crippen LogP contribution in [0.5, 0.6) is 0 Å². The summed E-state index contributed by atoms with van der Waals surface area (Å²) in [6.45, 7) is 1.08. The monoisotopic (exact) mass is 466 g/mol. The van der Waals surface area contributed by atoms with Gasteiger partial charge < -0.3 is 24.3 Å². The molecule has 2 rings (SSSR count). The van der Waals surface area contributed by atoms with Crippen LogP contribution in [-0.2, 0) is 31.6 Å². The maximum atomic E-state index is 11.8. The molecule has 0 aromatic carbocycles. The van der Waals surface area contributed by atoms with Crippen molar-refractivity contribution in [3.63, 3.8) is 0 Å². The number of hydrogen-bond donors (Lipinski definition) is 5. The maximum Gasteiger partial charge on any atom is 0.490 e. The number of phosphoric acid groups is 3. The Morgan fingerprint density at radius 3 is 2.39 bits per heavy atom. The molecule has 1 aliphatic heterocycles. The van der Waals surface area contributed by atoms with E-state index in [0.717, 1.165) is 10.6 Å². The molecule has 2 heterocycles. The van der Waals surface area contributed by atoms with Crippen molar-refractivity contribution in [1.29, 1.82) is 0 Å². The average molecular weight is 466 g/mol. The SMILES string of the molecule is C[C@H]1C[C@@H](COP(=O)(O)OP(=O)(O)OP(=O)(O)O)O[C@H]1n1ccc(=O)[nH]c1=O. The molecule has 0 spiro atoms. The van der Waals surface area contributed by atoms with Gasteiger partial charge in [-0.2, -0.15) is 8.62 Å². The molecule has 1 aromatic heterocycles. The van der Waals surface area contributed by atoms with Gasteiger partial charge in [0, 0.05) is 18.2 Å². The third-order valence-corrected chi connectivity index (χ3v) is 7.22. The van der Waals surface area contributed by atoms with E-state index in [1.165, 1.54) is 6.20 Å². The second-order valence-corrected chi connectivity index (χ2v) is 10.2. The summed E-state index contributed by atoms with van der Waals surface area (Å²) in [5, 5.41) is 0. The van der Waals surface area contributed by atoms with Crippen LogP contribution in [0.1, 0.15) is 19.6 Å². The second kappa shape index (κ2) is 8.42. The fraction of sp³-hybridized carbons (Fsp3) is 0.600. The zero-order valence-corrected chi connectivity index (χ0v) is 16.7. The van der Waals surface area contributed by atoms with Gasteiger partial charge >= 0.3 is 29.2 Å². The van der Waals surface area contributed by atoms with Crippen molar-refractivity contribution in [1.82, 2.24) is 9.55 Å². The lowest BCUT2D eigenvalue weighted by atomic mass is 10.1. The van der Waals surface area contributed by atoms with Gasteiger partial charge in [0.2, 0.25) is 0 Å². The molecule has 0 amide bonds. The highest BCUT2D eigenvalue weighted by Gasteiger charge is 2.42. The molecular weight excluding hydrogens is 449 g/mol. The highest BCUT2D eigenvalue weighted by atomic mass is 31.3. The number of ether oxygens (including phenoxy) is 1. The summed E-state index contributed by atoms with van der Waals surface area (Å²) in [6, 6.07) is 1.11. The van der Waals surface area contributed by atoms with Crippen molar-refractivity contribution < 1.29 is 51.2 Å². The number of hydrogen-bond acceptors (Lipinski definition) is 9. The van der Waals surface area contributed by atoms with E-state index in [0.29, 0.717) is 0 Å². The standard InChI is InChI=1S/C10H17N2O13P3/c1-6-4-7(23-9(6)12-3-2-8(13)11-10(12)14)5-22-27(18,19)25-28(20,21)24-26(15,16)17/h2-3,6-7,9H,4-5H2,1H3,(H,18,19)(H,20,21)(H,11,13,14)(H2,15,16,17)/t6-,7-,9+/m0/s1. The van der Waals surface area contributed by atoms with E-state index in [1.807, 2.05) is 0 Å². The summed E-state index contributed by atoms with van der Waals surface area (Å²) in [4.78, 5) is 60.4. The van der Waals surface area contributed by atoms with Crippen molar-refractivity contribution in [2.75, 3.05) is 6.61 Å². The Hall–Kier alpha value is -0.950. The summed E-state index contributed by atoms with van der Waals surface area (Å²) < 4.78 is 51.8. The van der Waals surface area contributed by atoms with Crippen LogP contribution in [-0.4, -0.2) is 41.8 Å². The summed E-state index contributed by atoms with van der Waals surface area (Å²) in [7, 11) is -16.3. The number of aromatic amines is 1. The van der Waals surface area contributed by atoms with Crippen LogP contribution in [0, 0.1) is 5.92 Å². The first-order chi connectivity index (χ1) is 12.7. The van der Waals surface area contributed by atoms with Gasteiger partial charge in [-0.05, 0) is 6.42 Å². The summed E-state index contributed by atoms with van der Waals surface area (Å²) in [6.07, 6.45) is -0.207. The van der Waals surface area contributed by atoms with Crippen molar-refractivity contribution in [3.8, 4) is 0 Å². The van der Waals surface area contributed by atoms with Crippen LogP contribution in [0.2, 0.25) is 0 Å². The van der Waals surface area contributed by atoms with E-state index in [9.17, 15) is 28.2 Å². The topological polar surface area (TPSA) is 224 Å². The minimum atomic E-state index is -5.60. The number of H-pyrrole nitrogens is 1. The van der Waals surface area contributed by atoms with Gasteiger partial charge in [0.15, 0.2) is 0 Å². The van der Waals surface area contributed by atoms with E-state index >= 15 is 0 Å². The van der Waals surface area contributed by atoms with Crippen LogP contribution < -0.4 is 11.2 Å². The predicted octanol–water partition coefficient (Wildman–Crippen LogP) is -0.197. The van der Waals surface area contributed by atoms with E-state index < -0.39 is 53.7 Å². The van der Waals surface area contributed by atoms with E-state index in [2.05, 4.69) is 18.1 Å². The van der Waals surface area contributed by atoms with E-state index in [1.54, 1.807) is 6.92 Å². The first kappa shape index (κ1) is 23.3. The largest absolute Gasteiger partial charge is 0.490 e. The second-order valence-electron chi connectivity index (χ2n) is 5.77. The van der Waals surface area contributed by atoms with Crippen LogP contribution in [0.15, 0.2) is 21.9 Å². The molecule has 0 bridgehead atoms. The van der Waals surface area contributed by atoms with Crippen LogP contribution in [0.25, 0.3) is 0 Å².